The van der Waals surface area contributed by atoms with Crippen LogP contribution in [0.4, 0.5) is 17.6 Å². The highest BCUT2D eigenvalue weighted by Crippen LogP contribution is 2.33. The lowest BCUT2D eigenvalue weighted by molar-refractivity contribution is -0.123. The van der Waals surface area contributed by atoms with Gasteiger partial charge in [-0.2, -0.15) is 22.6 Å². The average molecular weight is 232 g/mol. The van der Waals surface area contributed by atoms with Crippen molar-refractivity contribution in [1.82, 2.24) is 5.32 Å². The Labute approximate surface area is 89.0 Å². The maximum Gasteiger partial charge on any atom is 0.351 e. The fraction of sp³-hybridized carbons (Fsp3) is 0.300. The summed E-state index contributed by atoms with van der Waals surface area (Å²) in [4.78, 5) is 2.97. The topological polar surface area (TPSA) is 24.4 Å². The molecule has 1 aliphatic rings. The normalized spacial score (nSPS) is 22.1. The Morgan fingerprint density at radius 3 is 2.25 bits per heavy atom. The summed E-state index contributed by atoms with van der Waals surface area (Å²) in [6.45, 7) is 0. The molecular weight excluding hydrogens is 224 g/mol. The summed E-state index contributed by atoms with van der Waals surface area (Å²) in [6.07, 6.45) is -1.61. The number of nitrogens with one attached hydrogen (secondary N) is 1. The fourth-order valence-corrected chi connectivity index (χ4v) is 1.45. The molecule has 0 bridgehead atoms. The first-order valence-corrected chi connectivity index (χ1v) is 4.57. The number of amidine groups is 1. The number of rotatable bonds is 1. The smallest absolute Gasteiger partial charge is 0.311 e. The summed E-state index contributed by atoms with van der Waals surface area (Å²) in [7, 11) is 0. The van der Waals surface area contributed by atoms with Crippen LogP contribution in [0.15, 0.2) is 35.3 Å². The summed E-state index contributed by atoms with van der Waals surface area (Å²) in [5.74, 6) is -0.484. The Bertz CT molecular complexity index is 414. The summed E-state index contributed by atoms with van der Waals surface area (Å²) in [6, 6.07) is 0.265. The summed E-state index contributed by atoms with van der Waals surface area (Å²) < 4.78 is 51.8. The molecule has 0 aliphatic carbocycles. The van der Waals surface area contributed by atoms with Crippen LogP contribution < -0.4 is 5.32 Å². The van der Waals surface area contributed by atoms with E-state index in [9.17, 15) is 17.6 Å². The van der Waals surface area contributed by atoms with Crippen LogP contribution in [-0.2, 0) is 0 Å². The molecule has 0 atom stereocenters. The number of benzene rings is 1. The standard InChI is InChI=1S/C10H8F4N2/c11-9(12)6-10(13,14)16-8(15-9)7-4-2-1-3-5-7/h1-5H,6H2,(H,15,16). The predicted molar refractivity (Wildman–Crippen MR) is 50.6 cm³/mol. The van der Waals surface area contributed by atoms with E-state index >= 15 is 0 Å². The van der Waals surface area contributed by atoms with Gasteiger partial charge in [-0.25, -0.2) is 0 Å². The zero-order chi connectivity index (χ0) is 11.8. The minimum absolute atomic E-state index is 0.210. The lowest BCUT2D eigenvalue weighted by Crippen LogP contribution is -2.50. The Balaban J connectivity index is 2.38. The third-order valence-electron chi connectivity index (χ3n) is 2.06. The SMILES string of the molecule is FC1(F)CC(F)(F)NC(c2ccccc2)=N1. The molecule has 1 aliphatic heterocycles. The lowest BCUT2D eigenvalue weighted by Gasteiger charge is -2.28. The van der Waals surface area contributed by atoms with Crippen molar-refractivity contribution in [2.24, 2.45) is 4.99 Å². The summed E-state index contributed by atoms with van der Waals surface area (Å²) in [5, 5.41) is 1.70. The fourth-order valence-electron chi connectivity index (χ4n) is 1.45. The van der Waals surface area contributed by atoms with Crippen molar-refractivity contribution in [3.05, 3.63) is 35.9 Å². The van der Waals surface area contributed by atoms with E-state index in [4.69, 9.17) is 0 Å². The van der Waals surface area contributed by atoms with E-state index in [1.165, 1.54) is 12.1 Å². The number of aliphatic imine (C=N–C) groups is 1. The molecule has 1 aromatic rings. The third-order valence-corrected chi connectivity index (χ3v) is 2.06. The van der Waals surface area contributed by atoms with Crippen molar-refractivity contribution < 1.29 is 17.6 Å². The van der Waals surface area contributed by atoms with Gasteiger partial charge in [-0.3, -0.25) is 0 Å². The number of nitrogens with zero attached hydrogens (tertiary/aromatic N) is 1. The second kappa shape index (κ2) is 3.47. The molecule has 0 saturated heterocycles. The van der Waals surface area contributed by atoms with Gasteiger partial charge in [0.2, 0.25) is 0 Å². The monoisotopic (exact) mass is 232 g/mol. The molecule has 0 amide bonds. The molecular formula is C10H8F4N2. The van der Waals surface area contributed by atoms with Crippen LogP contribution in [0.2, 0.25) is 0 Å². The lowest BCUT2D eigenvalue weighted by atomic mass is 10.1. The first-order valence-electron chi connectivity index (χ1n) is 4.57. The summed E-state index contributed by atoms with van der Waals surface area (Å²) >= 11 is 0. The van der Waals surface area contributed by atoms with Crippen molar-refractivity contribution >= 4 is 5.84 Å². The van der Waals surface area contributed by atoms with Crippen LogP contribution >= 0.6 is 0 Å². The molecule has 1 aromatic carbocycles. The molecule has 0 saturated carbocycles. The summed E-state index contributed by atoms with van der Waals surface area (Å²) in [5.41, 5.74) is 0.210. The first kappa shape index (κ1) is 10.9. The molecule has 1 heterocycles. The van der Waals surface area contributed by atoms with Crippen LogP contribution in [0, 0.1) is 0 Å². The van der Waals surface area contributed by atoms with Crippen LogP contribution in [-0.4, -0.2) is 17.9 Å². The van der Waals surface area contributed by atoms with E-state index < -0.39 is 24.3 Å². The molecule has 16 heavy (non-hydrogen) atoms. The van der Waals surface area contributed by atoms with Gasteiger partial charge >= 0.3 is 12.1 Å². The van der Waals surface area contributed by atoms with Crippen molar-refractivity contribution in [2.75, 3.05) is 0 Å². The molecule has 0 radical (unpaired) electrons. The van der Waals surface area contributed by atoms with Crippen LogP contribution in [0.1, 0.15) is 12.0 Å². The van der Waals surface area contributed by atoms with Crippen LogP contribution in [0.3, 0.4) is 0 Å². The van der Waals surface area contributed by atoms with E-state index in [1.54, 1.807) is 23.5 Å². The second-order valence-electron chi connectivity index (χ2n) is 3.50. The minimum atomic E-state index is -3.74. The van der Waals surface area contributed by atoms with Crippen LogP contribution in [0.25, 0.3) is 0 Å². The highest BCUT2D eigenvalue weighted by Gasteiger charge is 2.48. The van der Waals surface area contributed by atoms with Gasteiger partial charge in [0, 0.05) is 5.56 Å². The molecule has 1 N–H and O–H groups in total. The molecule has 0 aromatic heterocycles. The maximum absolute atomic E-state index is 13.0. The van der Waals surface area contributed by atoms with Gasteiger partial charge in [-0.05, 0) is 0 Å². The van der Waals surface area contributed by atoms with Gasteiger partial charge in [0.05, 0.1) is 0 Å². The highest BCUT2D eigenvalue weighted by atomic mass is 19.3. The van der Waals surface area contributed by atoms with Crippen molar-refractivity contribution in [1.29, 1.82) is 0 Å². The predicted octanol–water partition coefficient (Wildman–Crippen LogP) is 2.61. The largest absolute Gasteiger partial charge is 0.351 e. The van der Waals surface area contributed by atoms with Gasteiger partial charge in [0.15, 0.2) is 0 Å². The quantitative estimate of drug-likeness (QED) is 0.584. The average Bonchev–Trinajstić information content (AvgIpc) is 2.14. The van der Waals surface area contributed by atoms with Gasteiger partial charge in [0.1, 0.15) is 12.3 Å². The van der Waals surface area contributed by atoms with Crippen molar-refractivity contribution in [3.8, 4) is 0 Å². The number of alkyl halides is 4. The van der Waals surface area contributed by atoms with E-state index in [1.807, 2.05) is 0 Å². The third kappa shape index (κ3) is 2.32. The van der Waals surface area contributed by atoms with E-state index in [0.29, 0.717) is 0 Å². The molecule has 2 nitrogen and oxygen atoms in total. The Morgan fingerprint density at radius 2 is 1.69 bits per heavy atom. The van der Waals surface area contributed by atoms with Gasteiger partial charge in [-0.1, -0.05) is 30.3 Å². The molecule has 0 unspecified atom stereocenters. The molecule has 86 valence electrons. The molecule has 0 spiro atoms. The van der Waals surface area contributed by atoms with Crippen molar-refractivity contribution in [2.45, 2.75) is 18.5 Å². The van der Waals surface area contributed by atoms with E-state index in [2.05, 4.69) is 4.99 Å². The van der Waals surface area contributed by atoms with E-state index in [-0.39, 0.29) is 5.56 Å². The van der Waals surface area contributed by atoms with Gasteiger partial charge in [0.25, 0.3) is 0 Å². The maximum atomic E-state index is 13.0. The molecule has 0 fully saturated rings. The number of halogens is 4. The van der Waals surface area contributed by atoms with Gasteiger partial charge < -0.3 is 5.32 Å². The zero-order valence-corrected chi connectivity index (χ0v) is 8.05. The van der Waals surface area contributed by atoms with E-state index in [0.717, 1.165) is 0 Å². The second-order valence-corrected chi connectivity index (χ2v) is 3.50. The number of hydrogen-bond acceptors (Lipinski definition) is 2. The van der Waals surface area contributed by atoms with Gasteiger partial charge in [-0.15, -0.1) is 0 Å². The minimum Gasteiger partial charge on any atom is -0.311 e. The zero-order valence-electron chi connectivity index (χ0n) is 8.05. The Kier molecular flexibility index (Phi) is 2.36. The Morgan fingerprint density at radius 1 is 1.06 bits per heavy atom. The Hall–Kier alpha value is -1.59. The number of hydrogen-bond donors (Lipinski definition) is 1. The first-order chi connectivity index (χ1) is 7.38. The molecule has 2 rings (SSSR count). The van der Waals surface area contributed by atoms with Crippen molar-refractivity contribution in [3.63, 3.8) is 0 Å². The molecule has 6 heteroatoms. The van der Waals surface area contributed by atoms with Crippen LogP contribution in [0.5, 0.6) is 0 Å². The highest BCUT2D eigenvalue weighted by molar-refractivity contribution is 5.99.